The van der Waals surface area contributed by atoms with E-state index in [9.17, 15) is 18.0 Å². The minimum Gasteiger partial charge on any atom is -0.370 e. The summed E-state index contributed by atoms with van der Waals surface area (Å²) in [6.45, 7) is 0.791. The molecular formula is C28H23Cl4F3IN5O. The number of hydrogen-bond donors (Lipinski definition) is 2. The Hall–Kier alpha value is -2.12. The molecule has 1 aliphatic rings. The summed E-state index contributed by atoms with van der Waals surface area (Å²) in [4.78, 5) is 19.1. The first-order valence-electron chi connectivity index (χ1n) is 12.8. The van der Waals surface area contributed by atoms with E-state index in [4.69, 9.17) is 46.4 Å². The second-order valence-corrected chi connectivity index (χ2v) is 13.0. The molecule has 0 aliphatic carbocycles. The Kier molecular flexibility index (Phi) is 9.30. The Morgan fingerprint density at radius 3 is 2.60 bits per heavy atom. The summed E-state index contributed by atoms with van der Waals surface area (Å²) in [6, 6.07) is 10.8. The monoisotopic (exact) mass is 769 g/mol. The van der Waals surface area contributed by atoms with Gasteiger partial charge in [0.05, 0.1) is 48.1 Å². The molecule has 1 amide bonds. The number of fused-ring (bicyclic) bond motifs is 1. The van der Waals surface area contributed by atoms with Crippen LogP contribution >= 0.6 is 69.0 Å². The smallest absolute Gasteiger partial charge is 0.301 e. The number of rotatable bonds is 7. The largest absolute Gasteiger partial charge is 0.370 e. The van der Waals surface area contributed by atoms with E-state index in [2.05, 4.69) is 15.6 Å². The number of amides is 1. The average molecular weight is 771 g/mol. The number of halogens is 8. The maximum absolute atomic E-state index is 14.2. The number of anilines is 3. The molecule has 1 aliphatic heterocycles. The Morgan fingerprint density at radius 2 is 1.88 bits per heavy atom. The van der Waals surface area contributed by atoms with E-state index in [0.29, 0.717) is 57.8 Å². The molecule has 1 unspecified atom stereocenters. The molecule has 2 heterocycles. The highest BCUT2D eigenvalue weighted by Crippen LogP contribution is 2.41. The lowest BCUT2D eigenvalue weighted by Crippen LogP contribution is -2.41. The molecule has 1 saturated heterocycles. The van der Waals surface area contributed by atoms with E-state index in [-0.39, 0.29) is 28.7 Å². The lowest BCUT2D eigenvalue weighted by molar-refractivity contribution is 0.0496. The second-order valence-electron chi connectivity index (χ2n) is 9.91. The number of nitrogens with zero attached hydrogens (tertiary/aromatic N) is 3. The second kappa shape index (κ2) is 12.5. The van der Waals surface area contributed by atoms with E-state index in [1.165, 1.54) is 34.7 Å². The summed E-state index contributed by atoms with van der Waals surface area (Å²) < 4.78 is 41.3. The highest BCUT2D eigenvalue weighted by Gasteiger charge is 2.39. The summed E-state index contributed by atoms with van der Waals surface area (Å²) in [5.41, 5.74) is 2.56. The zero-order chi connectivity index (χ0) is 30.3. The fourth-order valence-electron chi connectivity index (χ4n) is 4.96. The molecule has 0 spiro atoms. The molecule has 42 heavy (non-hydrogen) atoms. The normalized spacial score (nSPS) is 15.7. The fourth-order valence-corrected chi connectivity index (χ4v) is 6.52. The molecule has 6 nitrogen and oxygen atoms in total. The van der Waals surface area contributed by atoms with Crippen LogP contribution in [0.3, 0.4) is 0 Å². The molecule has 2 N–H and O–H groups in total. The van der Waals surface area contributed by atoms with Gasteiger partial charge in [-0.2, -0.15) is 8.78 Å². The van der Waals surface area contributed by atoms with Gasteiger partial charge in [0.25, 0.3) is 5.91 Å². The molecule has 222 valence electrons. The van der Waals surface area contributed by atoms with Crippen LogP contribution in [0.25, 0.3) is 11.0 Å². The molecular weight excluding hydrogens is 748 g/mol. The zero-order valence-electron chi connectivity index (χ0n) is 21.9. The van der Waals surface area contributed by atoms with Crippen molar-refractivity contribution in [2.45, 2.75) is 23.3 Å². The fraction of sp³-hybridized carbons (Fsp3) is 0.286. The molecule has 14 heteroatoms. The van der Waals surface area contributed by atoms with Crippen LogP contribution < -0.4 is 15.5 Å². The number of nitrogens with one attached hydrogen (secondary N) is 2. The lowest BCUT2D eigenvalue weighted by Gasteiger charge is -2.36. The van der Waals surface area contributed by atoms with E-state index >= 15 is 0 Å². The van der Waals surface area contributed by atoms with Gasteiger partial charge < -0.3 is 20.1 Å². The number of carbonyl (C=O) groups excluding carboxylic acids is 1. The first-order valence-corrected chi connectivity index (χ1v) is 15.4. The van der Waals surface area contributed by atoms with Crippen LogP contribution in [0.5, 0.6) is 0 Å². The minimum absolute atomic E-state index is 0.00906. The first kappa shape index (κ1) is 31.3. The van der Waals surface area contributed by atoms with Gasteiger partial charge in [0.15, 0.2) is 0 Å². The number of aryl methyl sites for hydroxylation is 1. The van der Waals surface area contributed by atoms with Crippen molar-refractivity contribution >= 4 is 103 Å². The van der Waals surface area contributed by atoms with E-state index in [0.717, 1.165) is 11.6 Å². The average Bonchev–Trinajstić information content (AvgIpc) is 3.23. The molecule has 3 aromatic carbocycles. The predicted octanol–water partition coefficient (Wildman–Crippen LogP) is 9.24. The van der Waals surface area contributed by atoms with Crippen molar-refractivity contribution in [1.29, 1.82) is 0 Å². The van der Waals surface area contributed by atoms with Gasteiger partial charge in [-0.3, -0.25) is 4.79 Å². The maximum Gasteiger partial charge on any atom is 0.301 e. The molecule has 1 atom stereocenters. The minimum atomic E-state index is -2.81. The van der Waals surface area contributed by atoms with Crippen LogP contribution in [0.2, 0.25) is 20.1 Å². The third kappa shape index (κ3) is 6.38. The van der Waals surface area contributed by atoms with Crippen molar-refractivity contribution in [2.75, 3.05) is 23.3 Å². The quantitative estimate of drug-likeness (QED) is 0.145. The van der Waals surface area contributed by atoms with Gasteiger partial charge in [-0.1, -0.05) is 58.5 Å². The summed E-state index contributed by atoms with van der Waals surface area (Å²) in [5.74, 6) is -1.80. The van der Waals surface area contributed by atoms with Crippen molar-refractivity contribution in [3.63, 3.8) is 0 Å². The molecule has 1 fully saturated rings. The molecule has 1 aromatic heterocycles. The van der Waals surface area contributed by atoms with Crippen LogP contribution in [-0.2, 0) is 13.6 Å². The zero-order valence-corrected chi connectivity index (χ0v) is 27.1. The number of hydrogen-bond acceptors (Lipinski definition) is 4. The summed E-state index contributed by atoms with van der Waals surface area (Å²) in [6.07, 6.45) is 1.09. The van der Waals surface area contributed by atoms with Crippen molar-refractivity contribution in [3.8, 4) is 0 Å². The number of piperidine rings is 1. The van der Waals surface area contributed by atoms with Gasteiger partial charge in [0.1, 0.15) is 5.82 Å². The van der Waals surface area contributed by atoms with Gasteiger partial charge in [-0.05, 0) is 71.3 Å². The van der Waals surface area contributed by atoms with Gasteiger partial charge in [-0.25, -0.2) is 9.37 Å². The predicted molar refractivity (Wildman–Crippen MR) is 172 cm³/mol. The number of aromatic nitrogens is 2. The van der Waals surface area contributed by atoms with E-state index in [1.54, 1.807) is 29.8 Å². The van der Waals surface area contributed by atoms with Gasteiger partial charge in [-0.15, -0.1) is 0 Å². The summed E-state index contributed by atoms with van der Waals surface area (Å²) in [5, 5.41) is 6.72. The van der Waals surface area contributed by atoms with Crippen LogP contribution in [0.15, 0.2) is 42.5 Å². The summed E-state index contributed by atoms with van der Waals surface area (Å²) in [7, 11) is 1.79. The van der Waals surface area contributed by atoms with E-state index in [1.807, 2.05) is 11.0 Å². The third-order valence-electron chi connectivity index (χ3n) is 7.21. The number of carbonyl (C=O) groups is 1. The van der Waals surface area contributed by atoms with Crippen molar-refractivity contribution < 1.29 is 18.0 Å². The third-order valence-corrected chi connectivity index (χ3v) is 9.46. The van der Waals surface area contributed by atoms with Gasteiger partial charge >= 0.3 is 3.93 Å². The molecule has 4 aromatic rings. The van der Waals surface area contributed by atoms with Gasteiger partial charge in [0.2, 0.25) is 5.95 Å². The molecule has 0 bridgehead atoms. The lowest BCUT2D eigenvalue weighted by atomic mass is 9.98. The number of alkyl halides is 3. The van der Waals surface area contributed by atoms with Crippen molar-refractivity contribution in [3.05, 3.63) is 79.5 Å². The first-order chi connectivity index (χ1) is 19.8. The van der Waals surface area contributed by atoms with E-state index < -0.39 is 21.6 Å². The Morgan fingerprint density at radius 1 is 1.12 bits per heavy atom. The highest BCUT2D eigenvalue weighted by atomic mass is 127. The maximum atomic E-state index is 14.2. The van der Waals surface area contributed by atoms with Crippen molar-refractivity contribution in [1.82, 2.24) is 14.9 Å². The standard InChI is InChI=1S/C28H23Cl4F3IN5O/c1-40-22-11-21(41-9-3-4-15(13-41)28(34,35)36)18(31)10-20(22)38-27(40)39-25-17(30)8-7-14(24(25)32)12-37-26(42)23-16(29)5-2-6-19(23)33/h2,5-8,10-11,15H,3-4,9,12-13H2,1H3,(H,37,42)(H,38,39). The van der Waals surface area contributed by atoms with Crippen LogP contribution in [-0.4, -0.2) is 32.5 Å². The van der Waals surface area contributed by atoms with Crippen LogP contribution in [0.4, 0.5) is 30.5 Å². The Bertz CT molecular complexity index is 1660. The Balaban J connectivity index is 1.39. The topological polar surface area (TPSA) is 62.2 Å². The number of benzene rings is 3. The Labute approximate surface area is 273 Å². The number of imidazole rings is 1. The van der Waals surface area contributed by atoms with Crippen molar-refractivity contribution in [2.24, 2.45) is 13.0 Å². The van der Waals surface area contributed by atoms with Gasteiger partial charge in [0, 0.05) is 32.6 Å². The highest BCUT2D eigenvalue weighted by molar-refractivity contribution is 14.1. The molecule has 0 saturated carbocycles. The van der Waals surface area contributed by atoms with Crippen LogP contribution in [0, 0.1) is 11.7 Å². The molecule has 0 radical (unpaired) electrons. The van der Waals surface area contributed by atoms with Crippen LogP contribution in [0.1, 0.15) is 28.8 Å². The SMILES string of the molecule is Cn1c(Nc2c(Cl)ccc(CNC(=O)c3c(F)cccc3Cl)c2Cl)nc2cc(Cl)c(N3CCCC(C(F)(F)I)C3)cc21. The molecule has 5 rings (SSSR count). The summed E-state index contributed by atoms with van der Waals surface area (Å²) >= 11 is 27.0.